The molecule has 0 saturated carbocycles. The lowest BCUT2D eigenvalue weighted by Gasteiger charge is -2.35. The Morgan fingerprint density at radius 3 is 1.78 bits per heavy atom. The summed E-state index contributed by atoms with van der Waals surface area (Å²) < 4.78 is 15.5. The van der Waals surface area contributed by atoms with Crippen LogP contribution in [0.15, 0.2) is 22.5 Å². The first kappa shape index (κ1) is 25.4. The van der Waals surface area contributed by atoms with Crippen LogP contribution in [-0.4, -0.2) is 61.6 Å². The number of nitrogens with zero attached hydrogens (tertiary/aromatic N) is 1. The summed E-state index contributed by atoms with van der Waals surface area (Å²) in [6.07, 6.45) is 1.04. The minimum atomic E-state index is -1.35. The second-order valence-corrected chi connectivity index (χ2v) is 8.43. The molecule has 0 aromatic rings. The molecule has 1 saturated heterocycles. The monoisotopic (exact) mass is 450 g/mol. The highest BCUT2D eigenvalue weighted by Crippen LogP contribution is 2.32. The normalized spacial score (nSPS) is 21.8. The lowest BCUT2D eigenvalue weighted by Crippen LogP contribution is -2.45. The highest BCUT2D eigenvalue weighted by atomic mass is 16.5. The molecule has 0 spiro atoms. The summed E-state index contributed by atoms with van der Waals surface area (Å²) in [6.45, 7) is 11.6. The van der Waals surface area contributed by atoms with Crippen LogP contribution >= 0.6 is 0 Å². The molecule has 1 N–H and O–H groups in total. The van der Waals surface area contributed by atoms with E-state index < -0.39 is 30.4 Å². The van der Waals surface area contributed by atoms with Crippen LogP contribution in [0.2, 0.25) is 0 Å². The van der Waals surface area contributed by atoms with Gasteiger partial charge in [0.05, 0.1) is 24.4 Å². The van der Waals surface area contributed by atoms with E-state index >= 15 is 0 Å². The molecule has 178 valence electrons. The van der Waals surface area contributed by atoms with E-state index in [2.05, 4.69) is 19.2 Å². The number of hydrogen-bond acceptors (Lipinski definition) is 8. The predicted molar refractivity (Wildman–Crippen MR) is 116 cm³/mol. The highest BCUT2D eigenvalue weighted by molar-refractivity contribution is 6.05. The van der Waals surface area contributed by atoms with Gasteiger partial charge < -0.3 is 24.4 Å². The largest absolute Gasteiger partial charge is 0.463 e. The van der Waals surface area contributed by atoms with Gasteiger partial charge in [0.1, 0.15) is 5.92 Å². The average Bonchev–Trinajstić information content (AvgIpc) is 2.70. The van der Waals surface area contributed by atoms with Gasteiger partial charge in [-0.3, -0.25) is 9.59 Å². The number of allylic oxidation sites excluding steroid dienone is 2. The second kappa shape index (κ2) is 11.2. The Kier molecular flexibility index (Phi) is 8.86. The number of amides is 1. The van der Waals surface area contributed by atoms with Gasteiger partial charge in [-0.05, 0) is 46.0 Å². The quantitative estimate of drug-likeness (QED) is 0.463. The van der Waals surface area contributed by atoms with Crippen LogP contribution in [-0.2, 0) is 33.4 Å². The summed E-state index contributed by atoms with van der Waals surface area (Å²) >= 11 is 0. The zero-order valence-corrected chi connectivity index (χ0v) is 19.8. The van der Waals surface area contributed by atoms with Crippen molar-refractivity contribution in [2.45, 2.75) is 48.0 Å². The maximum absolute atomic E-state index is 13.1. The molecule has 2 aliphatic heterocycles. The lowest BCUT2D eigenvalue weighted by atomic mass is 9.85. The van der Waals surface area contributed by atoms with E-state index in [0.29, 0.717) is 36.3 Å². The van der Waals surface area contributed by atoms with Crippen molar-refractivity contribution >= 4 is 23.8 Å². The number of carbonyl (C=O) groups is 4. The van der Waals surface area contributed by atoms with E-state index in [1.807, 2.05) is 0 Å². The van der Waals surface area contributed by atoms with Crippen LogP contribution in [0.4, 0.5) is 0 Å². The van der Waals surface area contributed by atoms with E-state index in [4.69, 9.17) is 14.2 Å². The molecule has 2 heterocycles. The Labute approximate surface area is 189 Å². The molecule has 2 unspecified atom stereocenters. The molecule has 0 radical (unpaired) electrons. The molecule has 9 nitrogen and oxygen atoms in total. The Morgan fingerprint density at radius 2 is 1.34 bits per heavy atom. The maximum atomic E-state index is 13.1. The van der Waals surface area contributed by atoms with E-state index in [0.717, 1.165) is 6.42 Å². The zero-order valence-electron chi connectivity index (χ0n) is 19.8. The topological polar surface area (TPSA) is 111 Å². The predicted octanol–water partition coefficient (Wildman–Crippen LogP) is 1.93. The van der Waals surface area contributed by atoms with Crippen LogP contribution in [0.1, 0.15) is 48.0 Å². The summed E-state index contributed by atoms with van der Waals surface area (Å²) in [5, 5.41) is 2.94. The van der Waals surface area contributed by atoms with Gasteiger partial charge >= 0.3 is 17.9 Å². The van der Waals surface area contributed by atoms with Gasteiger partial charge in [0.2, 0.25) is 0 Å². The van der Waals surface area contributed by atoms with E-state index in [1.54, 1.807) is 32.6 Å². The van der Waals surface area contributed by atoms with Gasteiger partial charge in [0.25, 0.3) is 5.91 Å². The van der Waals surface area contributed by atoms with Gasteiger partial charge in [-0.1, -0.05) is 13.8 Å². The average molecular weight is 451 g/mol. The molecular formula is C23H34N2O7. The van der Waals surface area contributed by atoms with Crippen molar-refractivity contribution in [1.82, 2.24) is 10.2 Å². The Morgan fingerprint density at radius 1 is 0.875 bits per heavy atom. The first-order valence-corrected chi connectivity index (χ1v) is 11.1. The smallest absolute Gasteiger partial charge is 0.337 e. The molecule has 0 aliphatic carbocycles. The van der Waals surface area contributed by atoms with Crippen molar-refractivity contribution in [2.24, 2.45) is 17.8 Å². The van der Waals surface area contributed by atoms with Gasteiger partial charge in [0, 0.05) is 24.5 Å². The molecule has 2 aliphatic rings. The fraction of sp³-hybridized carbons (Fsp3) is 0.652. The molecule has 1 amide bonds. The van der Waals surface area contributed by atoms with Crippen LogP contribution in [0.5, 0.6) is 0 Å². The maximum Gasteiger partial charge on any atom is 0.337 e. The first-order chi connectivity index (χ1) is 15.1. The van der Waals surface area contributed by atoms with Crippen molar-refractivity contribution in [3.63, 3.8) is 0 Å². The third-order valence-corrected chi connectivity index (χ3v) is 5.55. The molecule has 32 heavy (non-hydrogen) atoms. The van der Waals surface area contributed by atoms with Crippen LogP contribution in [0, 0.1) is 17.8 Å². The Hall–Kier alpha value is -2.84. The molecule has 1 fully saturated rings. The number of nitrogens with one attached hydrogen (secondary N) is 1. The number of ether oxygens (including phenoxy) is 3. The second-order valence-electron chi connectivity index (χ2n) is 8.43. The number of dihydropyridines is 1. The molecule has 9 heteroatoms. The molecule has 2 rings (SSSR count). The lowest BCUT2D eigenvalue weighted by molar-refractivity contribution is -0.157. The van der Waals surface area contributed by atoms with Crippen LogP contribution in [0.3, 0.4) is 0 Å². The number of carbonyl (C=O) groups excluding carboxylic acids is 4. The zero-order chi connectivity index (χ0) is 24.0. The minimum absolute atomic E-state index is 0.0295. The molecule has 0 bridgehead atoms. The van der Waals surface area contributed by atoms with E-state index in [9.17, 15) is 19.2 Å². The van der Waals surface area contributed by atoms with Crippen molar-refractivity contribution in [3.05, 3.63) is 22.5 Å². The Bertz CT molecular complexity index is 780. The molecule has 0 aromatic carbocycles. The van der Waals surface area contributed by atoms with Gasteiger partial charge in [0.15, 0.2) is 6.61 Å². The number of likely N-dealkylation sites (tertiary alicyclic amines) is 1. The van der Waals surface area contributed by atoms with Crippen molar-refractivity contribution in [3.8, 4) is 0 Å². The summed E-state index contributed by atoms with van der Waals surface area (Å²) in [4.78, 5) is 52.8. The van der Waals surface area contributed by atoms with Gasteiger partial charge in [-0.15, -0.1) is 0 Å². The number of esters is 3. The van der Waals surface area contributed by atoms with Gasteiger partial charge in [-0.25, -0.2) is 9.59 Å². The highest BCUT2D eigenvalue weighted by Gasteiger charge is 2.42. The van der Waals surface area contributed by atoms with Crippen LogP contribution < -0.4 is 5.32 Å². The summed E-state index contributed by atoms with van der Waals surface area (Å²) in [5.41, 5.74) is 0.693. The molecular weight excluding hydrogens is 416 g/mol. The third-order valence-electron chi connectivity index (χ3n) is 5.55. The summed E-state index contributed by atoms with van der Waals surface area (Å²) in [7, 11) is 0. The Balaban J connectivity index is 2.26. The standard InChI is InChI=1S/C23H34N2O7/c1-7-30-21(27)18-15(5)24-16(6)19(22(28)31-8-2)20(18)23(29)32-12-17(26)25-10-13(3)9-14(4)11-25/h13-14,20,24H,7-12H2,1-6H3. The first-order valence-electron chi connectivity index (χ1n) is 11.1. The fourth-order valence-electron chi connectivity index (χ4n) is 4.36. The molecule has 2 atom stereocenters. The summed E-state index contributed by atoms with van der Waals surface area (Å²) in [5.74, 6) is -3.27. The van der Waals surface area contributed by atoms with Gasteiger partial charge in [-0.2, -0.15) is 0 Å². The minimum Gasteiger partial charge on any atom is -0.463 e. The fourth-order valence-corrected chi connectivity index (χ4v) is 4.36. The van der Waals surface area contributed by atoms with E-state index in [-0.39, 0.29) is 30.3 Å². The van der Waals surface area contributed by atoms with Crippen LogP contribution in [0.25, 0.3) is 0 Å². The SMILES string of the molecule is CCOC(=O)C1=C(C)NC(C)=C(C(=O)OCC)C1C(=O)OCC(=O)N1CC(C)CC(C)C1. The number of hydrogen-bond donors (Lipinski definition) is 1. The number of rotatable bonds is 7. The van der Waals surface area contributed by atoms with E-state index in [1.165, 1.54) is 0 Å². The number of piperidine rings is 1. The van der Waals surface area contributed by atoms with Crippen molar-refractivity contribution < 1.29 is 33.4 Å². The van der Waals surface area contributed by atoms with Crippen molar-refractivity contribution in [1.29, 1.82) is 0 Å². The third kappa shape index (κ3) is 5.89. The van der Waals surface area contributed by atoms with Crippen molar-refractivity contribution in [2.75, 3.05) is 32.9 Å². The molecule has 0 aromatic heterocycles. The summed E-state index contributed by atoms with van der Waals surface area (Å²) in [6, 6.07) is 0.